The van der Waals surface area contributed by atoms with E-state index in [0.29, 0.717) is 25.3 Å². The number of carbonyl (C=O) groups excluding carboxylic acids is 2. The lowest BCUT2D eigenvalue weighted by Gasteiger charge is -2.09. The van der Waals surface area contributed by atoms with Crippen LogP contribution in [0.25, 0.3) is 0 Å². The van der Waals surface area contributed by atoms with Crippen molar-refractivity contribution in [3.8, 4) is 0 Å². The van der Waals surface area contributed by atoms with Crippen LogP contribution in [0.3, 0.4) is 0 Å². The fraction of sp³-hybridized carbons (Fsp3) is 0.500. The third-order valence-electron chi connectivity index (χ3n) is 2.88. The van der Waals surface area contributed by atoms with Gasteiger partial charge in [-0.25, -0.2) is 0 Å². The minimum atomic E-state index is -0.649. The van der Waals surface area contributed by atoms with Crippen LogP contribution in [0.4, 0.5) is 5.69 Å². The topological polar surface area (TPSA) is 67.4 Å². The smallest absolute Gasteiger partial charge is 0.313 e. The molecule has 0 unspecified atom stereocenters. The largest absolute Gasteiger partial charge is 0.379 e. The first kappa shape index (κ1) is 17.2. The number of hydrogen-bond donors (Lipinski definition) is 2. The molecule has 0 radical (unpaired) electrons. The van der Waals surface area contributed by atoms with E-state index in [4.69, 9.17) is 4.74 Å². The second-order valence-corrected chi connectivity index (χ2v) is 5.03. The molecule has 2 amide bonds. The maximum Gasteiger partial charge on any atom is 0.313 e. The van der Waals surface area contributed by atoms with Gasteiger partial charge in [0.05, 0.1) is 6.10 Å². The molecule has 0 spiro atoms. The van der Waals surface area contributed by atoms with Gasteiger partial charge in [-0.05, 0) is 44.4 Å². The number of rotatable bonds is 7. The lowest BCUT2D eigenvalue weighted by Crippen LogP contribution is -2.36. The number of carbonyl (C=O) groups is 2. The zero-order chi connectivity index (χ0) is 15.7. The summed E-state index contributed by atoms with van der Waals surface area (Å²) in [5, 5.41) is 5.14. The van der Waals surface area contributed by atoms with Crippen molar-refractivity contribution in [2.45, 2.75) is 39.7 Å². The van der Waals surface area contributed by atoms with Crippen molar-refractivity contribution in [3.63, 3.8) is 0 Å². The molecule has 116 valence electrons. The molecule has 0 atom stereocenters. The maximum absolute atomic E-state index is 11.7. The van der Waals surface area contributed by atoms with Gasteiger partial charge in [-0.2, -0.15) is 0 Å². The Labute approximate surface area is 126 Å². The number of benzene rings is 1. The van der Waals surface area contributed by atoms with E-state index in [-0.39, 0.29) is 6.10 Å². The zero-order valence-electron chi connectivity index (χ0n) is 12.9. The fourth-order valence-electron chi connectivity index (χ4n) is 1.69. The number of hydrogen-bond acceptors (Lipinski definition) is 3. The van der Waals surface area contributed by atoms with Crippen molar-refractivity contribution in [1.82, 2.24) is 5.32 Å². The molecular weight excluding hydrogens is 268 g/mol. The van der Waals surface area contributed by atoms with Crippen LogP contribution in [0.5, 0.6) is 0 Å². The molecule has 1 aromatic carbocycles. The molecule has 0 aromatic heterocycles. The van der Waals surface area contributed by atoms with Crippen molar-refractivity contribution in [1.29, 1.82) is 0 Å². The van der Waals surface area contributed by atoms with Crippen LogP contribution in [0.1, 0.15) is 32.8 Å². The first-order valence-corrected chi connectivity index (χ1v) is 7.32. The number of nitrogens with one attached hydrogen (secondary N) is 2. The van der Waals surface area contributed by atoms with E-state index in [2.05, 4.69) is 17.6 Å². The molecule has 2 N–H and O–H groups in total. The summed E-state index contributed by atoms with van der Waals surface area (Å²) in [4.78, 5) is 23.3. The van der Waals surface area contributed by atoms with Crippen LogP contribution in [-0.4, -0.2) is 31.1 Å². The van der Waals surface area contributed by atoms with Crippen molar-refractivity contribution in [3.05, 3.63) is 29.8 Å². The molecular formula is C16H24N2O3. The highest BCUT2D eigenvalue weighted by Crippen LogP contribution is 2.09. The van der Waals surface area contributed by atoms with Gasteiger partial charge in [-0.1, -0.05) is 19.1 Å². The van der Waals surface area contributed by atoms with Gasteiger partial charge in [-0.15, -0.1) is 0 Å². The molecule has 0 bridgehead atoms. The van der Waals surface area contributed by atoms with Crippen LogP contribution < -0.4 is 10.6 Å². The third kappa shape index (κ3) is 6.90. The second kappa shape index (κ2) is 9.13. The van der Waals surface area contributed by atoms with E-state index in [9.17, 15) is 9.59 Å². The van der Waals surface area contributed by atoms with E-state index in [0.717, 1.165) is 6.42 Å². The monoisotopic (exact) mass is 292 g/mol. The van der Waals surface area contributed by atoms with E-state index >= 15 is 0 Å². The van der Waals surface area contributed by atoms with Gasteiger partial charge in [0, 0.05) is 18.8 Å². The number of ether oxygens (including phenoxy) is 1. The van der Waals surface area contributed by atoms with Crippen LogP contribution in [-0.2, 0) is 20.7 Å². The summed E-state index contributed by atoms with van der Waals surface area (Å²) in [6.07, 6.45) is 1.80. The summed E-state index contributed by atoms with van der Waals surface area (Å²) in [6, 6.07) is 7.44. The fourth-order valence-corrected chi connectivity index (χ4v) is 1.69. The highest BCUT2D eigenvalue weighted by molar-refractivity contribution is 6.39. The molecule has 1 aromatic rings. The summed E-state index contributed by atoms with van der Waals surface area (Å²) in [7, 11) is 0. The molecule has 0 aliphatic carbocycles. The van der Waals surface area contributed by atoms with Crippen LogP contribution >= 0.6 is 0 Å². The van der Waals surface area contributed by atoms with Crippen LogP contribution in [0.15, 0.2) is 24.3 Å². The first-order valence-electron chi connectivity index (χ1n) is 7.32. The Balaban J connectivity index is 2.28. The molecule has 0 heterocycles. The van der Waals surface area contributed by atoms with Crippen LogP contribution in [0, 0.1) is 0 Å². The Morgan fingerprint density at radius 3 is 2.38 bits per heavy atom. The average Bonchev–Trinajstić information content (AvgIpc) is 2.47. The lowest BCUT2D eigenvalue weighted by atomic mass is 10.1. The molecule has 1 rings (SSSR count). The van der Waals surface area contributed by atoms with Crippen molar-refractivity contribution < 1.29 is 14.3 Å². The van der Waals surface area contributed by atoms with Crippen molar-refractivity contribution >= 4 is 17.5 Å². The summed E-state index contributed by atoms with van der Waals surface area (Å²) in [5.74, 6) is -1.27. The predicted octanol–water partition coefficient (Wildman–Crippen LogP) is 2.12. The van der Waals surface area contributed by atoms with Gasteiger partial charge >= 0.3 is 11.8 Å². The summed E-state index contributed by atoms with van der Waals surface area (Å²) in [5.41, 5.74) is 1.80. The normalized spacial score (nSPS) is 10.5. The Morgan fingerprint density at radius 1 is 1.14 bits per heavy atom. The molecule has 0 saturated heterocycles. The van der Waals surface area contributed by atoms with Crippen LogP contribution in [0.2, 0.25) is 0 Å². The highest BCUT2D eigenvalue weighted by Gasteiger charge is 2.12. The Kier molecular flexibility index (Phi) is 7.46. The molecule has 5 nitrogen and oxygen atoms in total. The van der Waals surface area contributed by atoms with Gasteiger partial charge < -0.3 is 15.4 Å². The Morgan fingerprint density at radius 2 is 1.81 bits per heavy atom. The van der Waals surface area contributed by atoms with Gasteiger partial charge in [0.25, 0.3) is 0 Å². The number of anilines is 1. The van der Waals surface area contributed by atoms with E-state index in [1.165, 1.54) is 5.56 Å². The molecule has 21 heavy (non-hydrogen) atoms. The molecule has 5 heteroatoms. The molecule has 0 saturated carbocycles. The minimum Gasteiger partial charge on any atom is -0.379 e. The maximum atomic E-state index is 11.7. The zero-order valence-corrected chi connectivity index (χ0v) is 12.9. The molecule has 0 aliphatic rings. The Bertz CT molecular complexity index is 455. The third-order valence-corrected chi connectivity index (χ3v) is 2.88. The van der Waals surface area contributed by atoms with Crippen molar-refractivity contribution in [2.24, 2.45) is 0 Å². The van der Waals surface area contributed by atoms with E-state index < -0.39 is 11.8 Å². The molecule has 0 fully saturated rings. The van der Waals surface area contributed by atoms with E-state index in [1.807, 2.05) is 26.0 Å². The van der Waals surface area contributed by atoms with Gasteiger partial charge in [-0.3, -0.25) is 9.59 Å². The number of amides is 2. The standard InChI is InChI=1S/C16H24N2O3/c1-4-13-6-8-14(9-7-13)18-16(20)15(19)17-10-5-11-21-12(2)3/h6-9,12H,4-5,10-11H2,1-3H3,(H,17,19)(H,18,20). The van der Waals surface area contributed by atoms with Crippen molar-refractivity contribution in [2.75, 3.05) is 18.5 Å². The minimum absolute atomic E-state index is 0.176. The summed E-state index contributed by atoms with van der Waals surface area (Å²) in [6.45, 7) is 6.96. The Hall–Kier alpha value is -1.88. The molecule has 0 aliphatic heterocycles. The summed E-state index contributed by atoms with van der Waals surface area (Å²) < 4.78 is 5.35. The highest BCUT2D eigenvalue weighted by atomic mass is 16.5. The second-order valence-electron chi connectivity index (χ2n) is 5.03. The quantitative estimate of drug-likeness (QED) is 0.597. The van der Waals surface area contributed by atoms with Gasteiger partial charge in [0.2, 0.25) is 0 Å². The van der Waals surface area contributed by atoms with Gasteiger partial charge in [0.15, 0.2) is 0 Å². The van der Waals surface area contributed by atoms with E-state index in [1.54, 1.807) is 12.1 Å². The SMILES string of the molecule is CCc1ccc(NC(=O)C(=O)NCCCOC(C)C)cc1. The lowest BCUT2D eigenvalue weighted by molar-refractivity contribution is -0.136. The number of aryl methyl sites for hydroxylation is 1. The predicted molar refractivity (Wildman–Crippen MR) is 83.2 cm³/mol. The first-order chi connectivity index (χ1) is 10.0. The van der Waals surface area contributed by atoms with Gasteiger partial charge in [0.1, 0.15) is 0 Å². The average molecular weight is 292 g/mol. The summed E-state index contributed by atoms with van der Waals surface area (Å²) >= 11 is 0.